The molecule has 0 fully saturated rings. The van der Waals surface area contributed by atoms with Crippen LogP contribution in [-0.4, -0.2) is 19.5 Å². The van der Waals surface area contributed by atoms with Crippen LogP contribution in [-0.2, 0) is 0 Å². The zero-order valence-corrected chi connectivity index (χ0v) is 29.8. The zero-order valence-electron chi connectivity index (χ0n) is 29.0. The topological polar surface area (TPSA) is 43.6 Å². The first-order valence-corrected chi connectivity index (χ1v) is 18.9. The predicted octanol–water partition coefficient (Wildman–Crippen LogP) is 13.2. The molecule has 0 aliphatic carbocycles. The molecule has 0 radical (unpaired) electrons. The van der Waals surface area contributed by atoms with Crippen LogP contribution in [0.4, 0.5) is 0 Å². The zero-order chi connectivity index (χ0) is 35.6. The molecule has 4 nitrogen and oxygen atoms in total. The van der Waals surface area contributed by atoms with Gasteiger partial charge in [-0.3, -0.25) is 0 Å². The van der Waals surface area contributed by atoms with Crippen molar-refractivity contribution in [1.82, 2.24) is 19.5 Å². The summed E-state index contributed by atoms with van der Waals surface area (Å²) in [6, 6.07) is 64.5. The first-order chi connectivity index (χ1) is 26.8. The predicted molar refractivity (Wildman–Crippen MR) is 226 cm³/mol. The van der Waals surface area contributed by atoms with Crippen molar-refractivity contribution in [3.8, 4) is 51.0 Å². The standard InChI is InChI=1S/C49H30N4S/c1-4-15-32(16-5-1)47-50-48(33-17-6-2-7-18-33)52-49(51-47)35-29-39(45-38-22-12-13-23-41(38)53(42(45)30-35)36-19-8-3-9-20-36)34-25-26-43-40(28-34)46-37-21-11-10-14-31(37)24-27-44(46)54-43/h1-30H. The number of hydrogen-bond acceptors (Lipinski definition) is 4. The summed E-state index contributed by atoms with van der Waals surface area (Å²) in [5, 5.41) is 7.51. The van der Waals surface area contributed by atoms with Gasteiger partial charge >= 0.3 is 0 Å². The molecule has 0 aliphatic rings. The van der Waals surface area contributed by atoms with Crippen LogP contribution in [0.5, 0.6) is 0 Å². The normalized spacial score (nSPS) is 11.7. The Morgan fingerprint density at radius 3 is 1.69 bits per heavy atom. The Morgan fingerprint density at radius 2 is 0.963 bits per heavy atom. The van der Waals surface area contributed by atoms with Crippen molar-refractivity contribution in [3.05, 3.63) is 182 Å². The van der Waals surface area contributed by atoms with Crippen molar-refractivity contribution in [1.29, 1.82) is 0 Å². The molecule has 0 saturated heterocycles. The first kappa shape index (κ1) is 30.7. The lowest BCUT2D eigenvalue weighted by Gasteiger charge is -2.13. The van der Waals surface area contributed by atoms with Crippen LogP contribution in [0.25, 0.3) is 104 Å². The minimum absolute atomic E-state index is 0.628. The minimum Gasteiger partial charge on any atom is -0.309 e. The van der Waals surface area contributed by atoms with E-state index in [0.29, 0.717) is 17.5 Å². The number of para-hydroxylation sites is 2. The van der Waals surface area contributed by atoms with E-state index < -0.39 is 0 Å². The molecule has 3 heterocycles. The molecular weight excluding hydrogens is 677 g/mol. The fraction of sp³-hybridized carbons (Fsp3) is 0. The largest absolute Gasteiger partial charge is 0.309 e. The fourth-order valence-corrected chi connectivity index (χ4v) is 9.06. The van der Waals surface area contributed by atoms with Crippen LogP contribution in [0.2, 0.25) is 0 Å². The molecule has 0 atom stereocenters. The van der Waals surface area contributed by atoms with Crippen LogP contribution < -0.4 is 0 Å². The van der Waals surface area contributed by atoms with E-state index in [0.717, 1.165) is 44.5 Å². The molecule has 0 aliphatic heterocycles. The highest BCUT2D eigenvalue weighted by Crippen LogP contribution is 2.44. The summed E-state index contributed by atoms with van der Waals surface area (Å²) in [5.74, 6) is 1.91. The van der Waals surface area contributed by atoms with E-state index in [1.54, 1.807) is 0 Å². The summed E-state index contributed by atoms with van der Waals surface area (Å²) in [6.45, 7) is 0. The SMILES string of the molecule is c1ccc(-c2nc(-c3ccccc3)nc(-c3cc(-c4ccc5sc6ccc7ccccc7c6c5c4)c4c5ccccc5n(-c5ccccc5)c4c3)n2)cc1. The van der Waals surface area contributed by atoms with Gasteiger partial charge in [0, 0.05) is 53.3 Å². The minimum atomic E-state index is 0.628. The highest BCUT2D eigenvalue weighted by atomic mass is 32.1. The number of aromatic nitrogens is 4. The van der Waals surface area contributed by atoms with Gasteiger partial charge in [-0.2, -0.15) is 0 Å². The van der Waals surface area contributed by atoms with Crippen molar-refractivity contribution in [2.24, 2.45) is 0 Å². The third kappa shape index (κ3) is 4.94. The van der Waals surface area contributed by atoms with Crippen LogP contribution in [0.15, 0.2) is 182 Å². The van der Waals surface area contributed by atoms with Gasteiger partial charge in [-0.1, -0.05) is 133 Å². The molecule has 54 heavy (non-hydrogen) atoms. The van der Waals surface area contributed by atoms with E-state index >= 15 is 0 Å². The Hall–Kier alpha value is -6.95. The van der Waals surface area contributed by atoms with E-state index in [-0.39, 0.29) is 0 Å². The van der Waals surface area contributed by atoms with Crippen molar-refractivity contribution >= 4 is 64.1 Å². The lowest BCUT2D eigenvalue weighted by molar-refractivity contribution is 1.07. The molecule has 11 aromatic rings. The summed E-state index contributed by atoms with van der Waals surface area (Å²) in [5.41, 5.74) is 8.45. The van der Waals surface area contributed by atoms with Crippen LogP contribution in [0.3, 0.4) is 0 Å². The van der Waals surface area contributed by atoms with Crippen molar-refractivity contribution in [2.75, 3.05) is 0 Å². The molecular formula is C49H30N4S. The monoisotopic (exact) mass is 706 g/mol. The van der Waals surface area contributed by atoms with Gasteiger partial charge in [0.25, 0.3) is 0 Å². The maximum atomic E-state index is 5.18. The summed E-state index contributed by atoms with van der Waals surface area (Å²) in [4.78, 5) is 15.4. The average Bonchev–Trinajstić information content (AvgIpc) is 3.80. The molecule has 0 spiro atoms. The third-order valence-corrected chi connectivity index (χ3v) is 11.6. The molecule has 0 N–H and O–H groups in total. The molecule has 252 valence electrons. The Balaban J connectivity index is 1.25. The summed E-state index contributed by atoms with van der Waals surface area (Å²) < 4.78 is 4.95. The molecule has 0 bridgehead atoms. The highest BCUT2D eigenvalue weighted by molar-refractivity contribution is 7.26. The van der Waals surface area contributed by atoms with Crippen molar-refractivity contribution < 1.29 is 0 Å². The smallest absolute Gasteiger partial charge is 0.164 e. The van der Waals surface area contributed by atoms with Gasteiger partial charge in [0.1, 0.15) is 0 Å². The maximum Gasteiger partial charge on any atom is 0.164 e. The number of thiophene rings is 1. The van der Waals surface area contributed by atoms with Crippen LogP contribution in [0, 0.1) is 0 Å². The molecule has 0 saturated carbocycles. The Morgan fingerprint density at radius 1 is 0.370 bits per heavy atom. The van der Waals surface area contributed by atoms with Gasteiger partial charge in [-0.05, 0) is 70.4 Å². The van der Waals surface area contributed by atoms with E-state index in [4.69, 9.17) is 15.0 Å². The third-order valence-electron chi connectivity index (χ3n) is 10.4. The Kier molecular flexibility index (Phi) is 7.00. The molecule has 3 aromatic heterocycles. The summed E-state index contributed by atoms with van der Waals surface area (Å²) in [6.07, 6.45) is 0. The van der Waals surface area contributed by atoms with Crippen LogP contribution in [0.1, 0.15) is 0 Å². The molecule has 8 aromatic carbocycles. The van der Waals surface area contributed by atoms with Gasteiger partial charge in [-0.25, -0.2) is 15.0 Å². The second kappa shape index (κ2) is 12.3. The van der Waals surface area contributed by atoms with Gasteiger partial charge < -0.3 is 4.57 Å². The Bertz CT molecular complexity index is 3140. The molecule has 11 rings (SSSR count). The van der Waals surface area contributed by atoms with E-state index in [2.05, 4.69) is 150 Å². The number of nitrogens with zero attached hydrogens (tertiary/aromatic N) is 4. The lowest BCUT2D eigenvalue weighted by Crippen LogP contribution is -2.01. The quantitative estimate of drug-likeness (QED) is 0.179. The average molecular weight is 707 g/mol. The van der Waals surface area contributed by atoms with E-state index in [1.165, 1.54) is 41.7 Å². The number of rotatable bonds is 5. The van der Waals surface area contributed by atoms with Crippen molar-refractivity contribution in [3.63, 3.8) is 0 Å². The highest BCUT2D eigenvalue weighted by Gasteiger charge is 2.21. The second-order valence-electron chi connectivity index (χ2n) is 13.6. The number of benzene rings is 8. The van der Waals surface area contributed by atoms with Crippen LogP contribution >= 0.6 is 11.3 Å². The van der Waals surface area contributed by atoms with E-state index in [1.807, 2.05) is 47.7 Å². The number of hydrogen-bond donors (Lipinski definition) is 0. The first-order valence-electron chi connectivity index (χ1n) is 18.1. The lowest BCUT2D eigenvalue weighted by atomic mass is 9.95. The van der Waals surface area contributed by atoms with Gasteiger partial charge in [0.15, 0.2) is 17.5 Å². The summed E-state index contributed by atoms with van der Waals surface area (Å²) in [7, 11) is 0. The molecule has 5 heteroatoms. The Labute approximate surface area is 315 Å². The second-order valence-corrected chi connectivity index (χ2v) is 14.7. The fourth-order valence-electron chi connectivity index (χ4n) is 7.96. The molecule has 0 unspecified atom stereocenters. The number of fused-ring (bicyclic) bond motifs is 8. The summed E-state index contributed by atoms with van der Waals surface area (Å²) >= 11 is 1.86. The molecule has 0 amide bonds. The van der Waals surface area contributed by atoms with Gasteiger partial charge in [0.05, 0.1) is 11.0 Å². The maximum absolute atomic E-state index is 5.18. The van der Waals surface area contributed by atoms with Crippen molar-refractivity contribution in [2.45, 2.75) is 0 Å². The van der Waals surface area contributed by atoms with Gasteiger partial charge in [0.2, 0.25) is 0 Å². The van der Waals surface area contributed by atoms with Gasteiger partial charge in [-0.15, -0.1) is 11.3 Å². The van der Waals surface area contributed by atoms with E-state index in [9.17, 15) is 0 Å².